The summed E-state index contributed by atoms with van der Waals surface area (Å²) in [4.78, 5) is 8.48. The Morgan fingerprint density at radius 3 is 2.62 bits per heavy atom. The van der Waals surface area contributed by atoms with E-state index in [0.717, 1.165) is 11.8 Å². The Morgan fingerprint density at radius 1 is 1.04 bits per heavy atom. The summed E-state index contributed by atoms with van der Waals surface area (Å²) in [7, 11) is 0. The number of phenolic OH excluding ortho intramolecular Hbond substituents is 1. The van der Waals surface area contributed by atoms with Gasteiger partial charge in [-0.1, -0.05) is 23.2 Å². The lowest BCUT2D eigenvalue weighted by molar-refractivity contribution is 0.471. The van der Waals surface area contributed by atoms with Crippen LogP contribution in [0.3, 0.4) is 0 Å². The highest BCUT2D eigenvalue weighted by atomic mass is 35.5. The van der Waals surface area contributed by atoms with Gasteiger partial charge in [-0.05, 0) is 24.3 Å². The molecule has 8 heteroatoms. The van der Waals surface area contributed by atoms with Crippen LogP contribution < -0.4 is 0 Å². The fourth-order valence-electron chi connectivity index (χ4n) is 2.99. The molecule has 0 atom stereocenters. The molecule has 2 aromatic carbocycles. The van der Waals surface area contributed by atoms with Crippen LogP contribution in [-0.4, -0.2) is 27.4 Å². The summed E-state index contributed by atoms with van der Waals surface area (Å²) in [5.41, 5.74) is 0.633. The molecular formula is C18H11Cl2F2N3O. The summed E-state index contributed by atoms with van der Waals surface area (Å²) in [6, 6.07) is 4.93. The highest BCUT2D eigenvalue weighted by Crippen LogP contribution is 2.43. The molecule has 0 bridgehead atoms. The monoisotopic (exact) mass is 393 g/mol. The van der Waals surface area contributed by atoms with E-state index in [9.17, 15) is 13.9 Å². The second-order valence-electron chi connectivity index (χ2n) is 5.76. The molecule has 0 spiro atoms. The van der Waals surface area contributed by atoms with Crippen molar-refractivity contribution in [3.63, 3.8) is 0 Å². The summed E-state index contributed by atoms with van der Waals surface area (Å²) in [6.45, 7) is 1.22. The fraction of sp³-hybridized carbons (Fsp3) is 0.111. The van der Waals surface area contributed by atoms with Crippen LogP contribution >= 0.6 is 23.2 Å². The number of aromatic nitrogens is 2. The zero-order chi connectivity index (χ0) is 18.4. The molecule has 1 N–H and O–H groups in total. The van der Waals surface area contributed by atoms with Crippen molar-refractivity contribution in [2.24, 2.45) is 4.99 Å². The van der Waals surface area contributed by atoms with Gasteiger partial charge in [-0.2, -0.15) is 0 Å². The molecule has 26 heavy (non-hydrogen) atoms. The van der Waals surface area contributed by atoms with E-state index in [0.29, 0.717) is 24.5 Å². The van der Waals surface area contributed by atoms with Gasteiger partial charge >= 0.3 is 0 Å². The van der Waals surface area contributed by atoms with Crippen LogP contribution in [0.1, 0.15) is 5.69 Å². The third-order valence-corrected chi connectivity index (χ3v) is 4.79. The molecule has 0 amide bonds. The molecule has 1 aliphatic rings. The first kappa shape index (κ1) is 17.0. The fourth-order valence-corrected chi connectivity index (χ4v) is 3.45. The normalized spacial score (nSPS) is 13.1. The molecule has 132 valence electrons. The van der Waals surface area contributed by atoms with Crippen molar-refractivity contribution in [2.45, 2.75) is 6.54 Å². The van der Waals surface area contributed by atoms with Crippen LogP contribution in [0.2, 0.25) is 10.0 Å². The standard InChI is InChI=1S/C18H11Cl2F2N3O/c19-11-1-2-13(21)16(17(11)26)15-12(20)5-9(6-14(15)22)18-24-8-10-7-23-3-4-25(10)18/h1-2,5-8,26H,3-4H2. The number of aliphatic imine (C=N–C) groups is 1. The maximum atomic E-state index is 14.8. The Balaban J connectivity index is 1.89. The lowest BCUT2D eigenvalue weighted by Crippen LogP contribution is -2.11. The Kier molecular flexibility index (Phi) is 4.17. The van der Waals surface area contributed by atoms with Gasteiger partial charge in [0.1, 0.15) is 23.2 Å². The zero-order valence-electron chi connectivity index (χ0n) is 13.2. The quantitative estimate of drug-likeness (QED) is 0.670. The maximum Gasteiger partial charge on any atom is 0.145 e. The molecule has 2 heterocycles. The maximum absolute atomic E-state index is 14.8. The molecule has 0 saturated heterocycles. The van der Waals surface area contributed by atoms with Crippen molar-refractivity contribution >= 4 is 29.4 Å². The molecule has 4 nitrogen and oxygen atoms in total. The van der Waals surface area contributed by atoms with E-state index in [2.05, 4.69) is 9.98 Å². The first-order valence-corrected chi connectivity index (χ1v) is 8.45. The Morgan fingerprint density at radius 2 is 1.85 bits per heavy atom. The largest absolute Gasteiger partial charge is 0.506 e. The highest BCUT2D eigenvalue weighted by Gasteiger charge is 2.23. The number of aromatic hydroxyl groups is 1. The third-order valence-electron chi connectivity index (χ3n) is 4.19. The minimum Gasteiger partial charge on any atom is -0.506 e. The van der Waals surface area contributed by atoms with Gasteiger partial charge in [0.2, 0.25) is 0 Å². The predicted octanol–water partition coefficient (Wildman–Crippen LogP) is 4.94. The van der Waals surface area contributed by atoms with E-state index < -0.39 is 17.4 Å². The topological polar surface area (TPSA) is 50.4 Å². The van der Waals surface area contributed by atoms with Crippen molar-refractivity contribution in [3.05, 3.63) is 57.8 Å². The van der Waals surface area contributed by atoms with Gasteiger partial charge in [-0.15, -0.1) is 0 Å². The number of rotatable bonds is 2. The molecule has 0 fully saturated rings. The zero-order valence-corrected chi connectivity index (χ0v) is 14.7. The van der Waals surface area contributed by atoms with E-state index >= 15 is 0 Å². The molecule has 1 aliphatic heterocycles. The Labute approximate surface area is 157 Å². The van der Waals surface area contributed by atoms with E-state index in [4.69, 9.17) is 23.2 Å². The van der Waals surface area contributed by atoms with E-state index in [-0.39, 0.29) is 21.2 Å². The van der Waals surface area contributed by atoms with E-state index in [1.807, 2.05) is 4.57 Å². The van der Waals surface area contributed by atoms with Crippen LogP contribution in [0.4, 0.5) is 8.78 Å². The second-order valence-corrected chi connectivity index (χ2v) is 6.58. The van der Waals surface area contributed by atoms with Crippen LogP contribution in [0.5, 0.6) is 5.75 Å². The highest BCUT2D eigenvalue weighted by molar-refractivity contribution is 6.35. The first-order chi connectivity index (χ1) is 12.5. The van der Waals surface area contributed by atoms with Crippen molar-refractivity contribution in [2.75, 3.05) is 6.54 Å². The third kappa shape index (κ3) is 2.66. The minimum absolute atomic E-state index is 0.0571. The molecule has 0 radical (unpaired) electrons. The molecule has 1 aromatic heterocycles. The van der Waals surface area contributed by atoms with Gasteiger partial charge in [0.15, 0.2) is 0 Å². The number of benzene rings is 2. The number of nitrogens with zero attached hydrogens (tertiary/aromatic N) is 3. The van der Waals surface area contributed by atoms with Crippen LogP contribution in [0.15, 0.2) is 35.5 Å². The average molecular weight is 394 g/mol. The molecular weight excluding hydrogens is 383 g/mol. The van der Waals surface area contributed by atoms with Crippen molar-refractivity contribution in [3.8, 4) is 28.3 Å². The smallest absolute Gasteiger partial charge is 0.145 e. The molecule has 0 aliphatic carbocycles. The predicted molar refractivity (Wildman–Crippen MR) is 97.2 cm³/mol. The number of hydrogen-bond acceptors (Lipinski definition) is 3. The van der Waals surface area contributed by atoms with E-state index in [1.165, 1.54) is 18.2 Å². The average Bonchev–Trinajstić information content (AvgIpc) is 3.04. The number of imidazole rings is 1. The number of halogens is 4. The Hall–Kier alpha value is -2.44. The van der Waals surface area contributed by atoms with Crippen LogP contribution in [-0.2, 0) is 6.54 Å². The van der Waals surface area contributed by atoms with Gasteiger partial charge in [-0.25, -0.2) is 13.8 Å². The van der Waals surface area contributed by atoms with Crippen LogP contribution in [0.25, 0.3) is 22.5 Å². The molecule has 0 saturated carbocycles. The summed E-state index contributed by atoms with van der Waals surface area (Å²) >= 11 is 12.1. The SMILES string of the molecule is Oc1c(Cl)ccc(F)c1-c1c(F)cc(-c2ncc3n2CCN=C3)cc1Cl. The van der Waals surface area contributed by atoms with Crippen molar-refractivity contribution in [1.82, 2.24) is 9.55 Å². The van der Waals surface area contributed by atoms with Gasteiger partial charge in [-0.3, -0.25) is 4.99 Å². The summed E-state index contributed by atoms with van der Waals surface area (Å²) in [6.07, 6.45) is 3.34. The summed E-state index contributed by atoms with van der Waals surface area (Å²) in [5.74, 6) is -1.63. The lowest BCUT2D eigenvalue weighted by atomic mass is 10.0. The summed E-state index contributed by atoms with van der Waals surface area (Å²) < 4.78 is 30.9. The van der Waals surface area contributed by atoms with Gasteiger partial charge in [0.05, 0.1) is 34.0 Å². The lowest BCUT2D eigenvalue weighted by Gasteiger charge is -2.15. The van der Waals surface area contributed by atoms with Crippen LogP contribution in [0, 0.1) is 11.6 Å². The second kappa shape index (κ2) is 6.37. The van der Waals surface area contributed by atoms with Crippen molar-refractivity contribution < 1.29 is 13.9 Å². The van der Waals surface area contributed by atoms with E-state index in [1.54, 1.807) is 12.4 Å². The molecule has 0 unspecified atom stereocenters. The number of phenols is 1. The van der Waals surface area contributed by atoms with Crippen molar-refractivity contribution in [1.29, 1.82) is 0 Å². The Bertz CT molecular complexity index is 1040. The van der Waals surface area contributed by atoms with Gasteiger partial charge < -0.3 is 9.67 Å². The first-order valence-electron chi connectivity index (χ1n) is 7.69. The number of hydrogen-bond donors (Lipinski definition) is 1. The van der Waals surface area contributed by atoms with Gasteiger partial charge in [0.25, 0.3) is 0 Å². The molecule has 4 rings (SSSR count). The molecule has 3 aromatic rings. The summed E-state index contributed by atoms with van der Waals surface area (Å²) in [5, 5.41) is 9.91. The minimum atomic E-state index is -0.824. The number of fused-ring (bicyclic) bond motifs is 1. The van der Waals surface area contributed by atoms with Gasteiger partial charge in [0, 0.05) is 23.9 Å².